The number of benzene rings is 1. The Balaban J connectivity index is 2.00. The summed E-state index contributed by atoms with van der Waals surface area (Å²) < 4.78 is 0. The van der Waals surface area contributed by atoms with Crippen LogP contribution in [0.15, 0.2) is 40.3 Å². The fourth-order valence-electron chi connectivity index (χ4n) is 4.91. The Labute approximate surface area is 183 Å². The summed E-state index contributed by atoms with van der Waals surface area (Å²) in [5, 5.41) is 0. The lowest BCUT2D eigenvalue weighted by atomic mass is 9.69. The number of carbonyl (C=O) groups excluding carboxylic acids is 3. The Morgan fingerprint density at radius 1 is 1.10 bits per heavy atom. The highest BCUT2D eigenvalue weighted by molar-refractivity contribution is 6.17. The van der Waals surface area contributed by atoms with Crippen LogP contribution in [0.3, 0.4) is 0 Å². The fourth-order valence-corrected chi connectivity index (χ4v) is 4.91. The van der Waals surface area contributed by atoms with Crippen molar-refractivity contribution in [2.24, 2.45) is 39.2 Å². The number of amides is 1. The van der Waals surface area contributed by atoms with E-state index in [0.29, 0.717) is 25.8 Å². The van der Waals surface area contributed by atoms with Gasteiger partial charge in [0.25, 0.3) is 0 Å². The van der Waals surface area contributed by atoms with Crippen molar-refractivity contribution in [3.8, 4) is 0 Å². The summed E-state index contributed by atoms with van der Waals surface area (Å²) in [6.45, 7) is 4.59. The van der Waals surface area contributed by atoms with E-state index in [9.17, 15) is 14.4 Å². The van der Waals surface area contributed by atoms with E-state index in [0.717, 1.165) is 5.56 Å². The van der Waals surface area contributed by atoms with E-state index in [1.54, 1.807) is 6.21 Å². The predicted octanol–water partition coefficient (Wildman–Crippen LogP) is 1.91. The molecule has 1 aromatic carbocycles. The Hall–Kier alpha value is -2.67. The van der Waals surface area contributed by atoms with E-state index in [2.05, 4.69) is 18.8 Å². The third kappa shape index (κ3) is 4.51. The minimum atomic E-state index is -1.30. The summed E-state index contributed by atoms with van der Waals surface area (Å²) >= 11 is 0. The maximum atomic E-state index is 13.8. The number of hydrogen-bond acceptors (Lipinski definition) is 6. The van der Waals surface area contributed by atoms with Crippen LogP contribution in [0.4, 0.5) is 0 Å². The molecule has 0 bridgehead atoms. The topological polar surface area (TPSA) is 128 Å². The van der Waals surface area contributed by atoms with E-state index in [1.807, 2.05) is 30.3 Å². The Kier molecular flexibility index (Phi) is 6.84. The number of aliphatic imine (C=N–C) groups is 2. The van der Waals surface area contributed by atoms with Gasteiger partial charge in [-0.3, -0.25) is 24.4 Å². The second-order valence-corrected chi connectivity index (χ2v) is 9.15. The van der Waals surface area contributed by atoms with Crippen LogP contribution in [0.2, 0.25) is 0 Å². The van der Waals surface area contributed by atoms with E-state index < -0.39 is 28.8 Å². The van der Waals surface area contributed by atoms with Crippen molar-refractivity contribution in [2.45, 2.75) is 57.0 Å². The number of nitrogens with two attached hydrogens (primary N) is 2. The molecular formula is C24H32N4O3. The number of nitrogens with zero attached hydrogens (tertiary/aromatic N) is 2. The molecule has 0 saturated heterocycles. The molecule has 4 N–H and O–H groups in total. The molecule has 166 valence electrons. The van der Waals surface area contributed by atoms with Crippen LogP contribution < -0.4 is 11.5 Å². The molecule has 7 heteroatoms. The summed E-state index contributed by atoms with van der Waals surface area (Å²) in [5.41, 5.74) is 9.80. The van der Waals surface area contributed by atoms with Gasteiger partial charge in [0, 0.05) is 25.3 Å². The molecule has 2 aliphatic heterocycles. The van der Waals surface area contributed by atoms with Crippen LogP contribution in [0.1, 0.15) is 45.1 Å². The SMILES string of the molecule is CC(C)CC1(CCCN)N=CC(C2(Cc3ccccc3)N=CC(CC(N)=O)C2=O)C1=O. The van der Waals surface area contributed by atoms with E-state index in [4.69, 9.17) is 16.5 Å². The molecule has 4 unspecified atom stereocenters. The Bertz CT molecular complexity index is 895. The maximum Gasteiger partial charge on any atom is 0.218 e. The first-order chi connectivity index (χ1) is 14.7. The smallest absolute Gasteiger partial charge is 0.218 e. The van der Waals surface area contributed by atoms with Crippen LogP contribution in [-0.2, 0) is 20.8 Å². The van der Waals surface area contributed by atoms with Gasteiger partial charge in [0.1, 0.15) is 11.1 Å². The standard InChI is InChI=1S/C24H32N4O3/c1-16(2)12-23(9-6-10-25)22(31)19(15-27-23)24(13-17-7-4-3-5-8-17)21(30)18(14-28-24)11-20(26)29/h3-5,7-8,14-16,18-19H,6,9-13,25H2,1-2H3,(H2,26,29). The number of ketones is 2. The molecule has 3 rings (SSSR count). The largest absolute Gasteiger partial charge is 0.370 e. The molecule has 0 aliphatic carbocycles. The average Bonchev–Trinajstić information content (AvgIpc) is 3.19. The van der Waals surface area contributed by atoms with Gasteiger partial charge in [0.2, 0.25) is 5.91 Å². The van der Waals surface area contributed by atoms with Gasteiger partial charge >= 0.3 is 0 Å². The predicted molar refractivity (Wildman–Crippen MR) is 121 cm³/mol. The molecule has 4 atom stereocenters. The van der Waals surface area contributed by atoms with Gasteiger partial charge in [0.05, 0.1) is 11.8 Å². The number of hydrogen-bond donors (Lipinski definition) is 2. The molecule has 0 fully saturated rings. The maximum absolute atomic E-state index is 13.8. The van der Waals surface area contributed by atoms with Gasteiger partial charge in [-0.15, -0.1) is 0 Å². The second kappa shape index (κ2) is 9.22. The zero-order chi connectivity index (χ0) is 22.6. The third-order valence-corrected chi connectivity index (χ3v) is 6.25. The van der Waals surface area contributed by atoms with Gasteiger partial charge < -0.3 is 11.5 Å². The zero-order valence-electron chi connectivity index (χ0n) is 18.3. The van der Waals surface area contributed by atoms with Crippen LogP contribution in [0.25, 0.3) is 0 Å². The molecule has 0 aromatic heterocycles. The molecule has 1 amide bonds. The van der Waals surface area contributed by atoms with Crippen molar-refractivity contribution in [3.63, 3.8) is 0 Å². The highest BCUT2D eigenvalue weighted by Gasteiger charge is 2.59. The molecule has 0 saturated carbocycles. The number of primary amides is 1. The van der Waals surface area contributed by atoms with Crippen LogP contribution in [0.5, 0.6) is 0 Å². The van der Waals surface area contributed by atoms with E-state index in [1.165, 1.54) is 6.21 Å². The summed E-state index contributed by atoms with van der Waals surface area (Å²) in [6, 6.07) is 9.51. The van der Waals surface area contributed by atoms with Crippen molar-refractivity contribution in [1.82, 2.24) is 0 Å². The second-order valence-electron chi connectivity index (χ2n) is 9.15. The van der Waals surface area contributed by atoms with Crippen molar-refractivity contribution < 1.29 is 14.4 Å². The monoisotopic (exact) mass is 424 g/mol. The normalized spacial score (nSPS) is 29.9. The zero-order valence-corrected chi connectivity index (χ0v) is 18.3. The van der Waals surface area contributed by atoms with Crippen LogP contribution in [-0.4, -0.2) is 47.5 Å². The van der Waals surface area contributed by atoms with Gasteiger partial charge in [0.15, 0.2) is 11.6 Å². The van der Waals surface area contributed by atoms with Crippen molar-refractivity contribution in [3.05, 3.63) is 35.9 Å². The number of rotatable bonds is 10. The van der Waals surface area contributed by atoms with Gasteiger partial charge in [-0.1, -0.05) is 44.2 Å². The van der Waals surface area contributed by atoms with E-state index >= 15 is 0 Å². The van der Waals surface area contributed by atoms with Crippen molar-refractivity contribution >= 4 is 29.9 Å². The fraction of sp³-hybridized carbons (Fsp3) is 0.542. The highest BCUT2D eigenvalue weighted by Crippen LogP contribution is 2.43. The number of carbonyl (C=O) groups is 3. The van der Waals surface area contributed by atoms with Crippen molar-refractivity contribution in [2.75, 3.05) is 6.54 Å². The van der Waals surface area contributed by atoms with E-state index in [-0.39, 0.29) is 30.3 Å². The number of Topliss-reactive ketones (excluding diaryl/α,β-unsaturated/α-hetero) is 2. The summed E-state index contributed by atoms with van der Waals surface area (Å²) in [5.74, 6) is -2.11. The van der Waals surface area contributed by atoms with Gasteiger partial charge in [-0.05, 0) is 37.3 Å². The lowest BCUT2D eigenvalue weighted by Gasteiger charge is -2.33. The van der Waals surface area contributed by atoms with Crippen LogP contribution in [0, 0.1) is 17.8 Å². The summed E-state index contributed by atoms with van der Waals surface area (Å²) in [7, 11) is 0. The van der Waals surface area contributed by atoms with Crippen LogP contribution >= 0.6 is 0 Å². The summed E-state index contributed by atoms with van der Waals surface area (Å²) in [6.07, 6.45) is 5.12. The quantitative estimate of drug-likeness (QED) is 0.594. The minimum Gasteiger partial charge on any atom is -0.370 e. The molecule has 0 radical (unpaired) electrons. The molecule has 2 aliphatic rings. The highest BCUT2D eigenvalue weighted by atomic mass is 16.2. The summed E-state index contributed by atoms with van der Waals surface area (Å²) in [4.78, 5) is 48.3. The lowest BCUT2D eigenvalue weighted by Crippen LogP contribution is -2.52. The first-order valence-corrected chi connectivity index (χ1v) is 11.0. The first-order valence-electron chi connectivity index (χ1n) is 11.0. The van der Waals surface area contributed by atoms with Gasteiger partial charge in [-0.25, -0.2) is 0 Å². The Morgan fingerprint density at radius 3 is 2.42 bits per heavy atom. The molecule has 2 heterocycles. The molecule has 7 nitrogen and oxygen atoms in total. The molecule has 31 heavy (non-hydrogen) atoms. The van der Waals surface area contributed by atoms with Crippen molar-refractivity contribution in [1.29, 1.82) is 0 Å². The lowest BCUT2D eigenvalue weighted by molar-refractivity contribution is -0.134. The van der Waals surface area contributed by atoms with Gasteiger partial charge in [-0.2, -0.15) is 0 Å². The molecular weight excluding hydrogens is 392 g/mol. The first kappa shape index (κ1) is 23.0. The third-order valence-electron chi connectivity index (χ3n) is 6.25. The minimum absolute atomic E-state index is 0.0733. The Morgan fingerprint density at radius 2 is 1.81 bits per heavy atom. The average molecular weight is 425 g/mol. The molecule has 1 aromatic rings. The molecule has 0 spiro atoms.